The van der Waals surface area contributed by atoms with Gasteiger partial charge >= 0.3 is 5.97 Å². The molecule has 5 N–H and O–H groups in total. The van der Waals surface area contributed by atoms with Crippen LogP contribution in [-0.2, 0) is 9.59 Å². The lowest BCUT2D eigenvalue weighted by Crippen LogP contribution is -2.32. The number of carbonyl (C=O) groups is 2. The molecule has 0 aliphatic heterocycles. The second kappa shape index (κ2) is 9.56. The minimum absolute atomic E-state index is 0.0838. The van der Waals surface area contributed by atoms with E-state index in [-0.39, 0.29) is 29.4 Å². The van der Waals surface area contributed by atoms with Crippen molar-refractivity contribution in [3.8, 4) is 5.75 Å². The van der Waals surface area contributed by atoms with Gasteiger partial charge in [-0.3, -0.25) is 9.59 Å². The number of hydrogen-bond donors (Lipinski definition) is 3. The molecule has 148 valence electrons. The van der Waals surface area contributed by atoms with E-state index in [2.05, 4.69) is 20.5 Å². The lowest BCUT2D eigenvalue weighted by atomic mass is 10.1. The third kappa shape index (κ3) is 6.13. The molecule has 1 heterocycles. The van der Waals surface area contributed by atoms with E-state index >= 15 is 0 Å². The maximum atomic E-state index is 11.9. The maximum Gasteiger partial charge on any atom is 0.311 e. The van der Waals surface area contributed by atoms with Crippen molar-refractivity contribution in [3.63, 3.8) is 0 Å². The van der Waals surface area contributed by atoms with Crippen molar-refractivity contribution in [3.05, 3.63) is 36.4 Å². The molecule has 2 rings (SSSR count). The van der Waals surface area contributed by atoms with Crippen molar-refractivity contribution in [1.82, 2.24) is 4.98 Å². The van der Waals surface area contributed by atoms with E-state index in [1.54, 1.807) is 43.3 Å². The van der Waals surface area contributed by atoms with Crippen molar-refractivity contribution in [2.45, 2.75) is 33.2 Å². The van der Waals surface area contributed by atoms with Crippen LogP contribution in [-0.4, -0.2) is 22.9 Å². The number of anilines is 2. The number of rotatable bonds is 7. The molecule has 2 aromatic rings. The Labute approximate surface area is 163 Å². The van der Waals surface area contributed by atoms with Gasteiger partial charge in [0.25, 0.3) is 0 Å². The highest BCUT2D eigenvalue weighted by Crippen LogP contribution is 2.31. The third-order valence-electron chi connectivity index (χ3n) is 3.50. The van der Waals surface area contributed by atoms with E-state index in [0.29, 0.717) is 23.5 Å². The maximum absolute atomic E-state index is 11.9. The first-order valence-corrected chi connectivity index (χ1v) is 8.80. The molecular weight excluding hydrogens is 360 g/mol. The van der Waals surface area contributed by atoms with Crippen LogP contribution in [0.1, 0.15) is 27.2 Å². The van der Waals surface area contributed by atoms with E-state index in [1.165, 1.54) is 0 Å². The summed E-state index contributed by atoms with van der Waals surface area (Å²) >= 11 is 0. The molecule has 9 nitrogen and oxygen atoms in total. The van der Waals surface area contributed by atoms with Crippen LogP contribution in [0.3, 0.4) is 0 Å². The number of benzene rings is 1. The summed E-state index contributed by atoms with van der Waals surface area (Å²) in [6.07, 6.45) is 0.303. The van der Waals surface area contributed by atoms with Crippen LogP contribution in [0, 0.1) is 5.92 Å². The van der Waals surface area contributed by atoms with Gasteiger partial charge in [-0.2, -0.15) is 0 Å². The molecular formula is C19H24N6O3. The Morgan fingerprint density at radius 2 is 1.79 bits per heavy atom. The number of carbonyl (C=O) groups excluding carboxylic acids is 2. The molecule has 0 radical (unpaired) electrons. The summed E-state index contributed by atoms with van der Waals surface area (Å²) in [7, 11) is 0. The number of hydrogen-bond acceptors (Lipinski definition) is 8. The lowest BCUT2D eigenvalue weighted by molar-refractivity contribution is -0.135. The number of nitrogen functional groups attached to an aromatic ring is 1. The summed E-state index contributed by atoms with van der Waals surface area (Å²) in [6.45, 7) is 5.43. The van der Waals surface area contributed by atoms with Crippen molar-refractivity contribution >= 4 is 34.9 Å². The van der Waals surface area contributed by atoms with Gasteiger partial charge in [-0.05, 0) is 37.1 Å². The molecule has 9 heteroatoms. The zero-order valence-electron chi connectivity index (χ0n) is 16.0. The van der Waals surface area contributed by atoms with Crippen LogP contribution >= 0.6 is 0 Å². The van der Waals surface area contributed by atoms with E-state index in [9.17, 15) is 9.59 Å². The second-order valence-electron chi connectivity index (χ2n) is 6.62. The monoisotopic (exact) mass is 384 g/mol. The Kier molecular flexibility index (Phi) is 7.16. The molecule has 0 bridgehead atoms. The van der Waals surface area contributed by atoms with Gasteiger partial charge in [0.05, 0.1) is 6.04 Å². The first-order chi connectivity index (χ1) is 13.3. The molecule has 0 aliphatic rings. The van der Waals surface area contributed by atoms with Gasteiger partial charge in [-0.1, -0.05) is 26.0 Å². The zero-order valence-corrected chi connectivity index (χ0v) is 16.0. The van der Waals surface area contributed by atoms with Gasteiger partial charge in [0.1, 0.15) is 17.2 Å². The summed E-state index contributed by atoms with van der Waals surface area (Å²) < 4.78 is 5.36. The zero-order chi connectivity index (χ0) is 20.7. The SMILES string of the molecule is CC(C)CC(=O)Oc1ccccc1N=Nc1ccc(NC(=O)[C@H](C)N)nc1N. The highest BCUT2D eigenvalue weighted by atomic mass is 16.5. The Balaban J connectivity index is 2.15. The number of nitrogens with one attached hydrogen (secondary N) is 1. The van der Waals surface area contributed by atoms with Crippen molar-refractivity contribution < 1.29 is 14.3 Å². The first kappa shape index (κ1) is 21.0. The van der Waals surface area contributed by atoms with Gasteiger partial charge in [0, 0.05) is 6.42 Å². The predicted octanol–water partition coefficient (Wildman–Crippen LogP) is 3.32. The van der Waals surface area contributed by atoms with Gasteiger partial charge in [0.2, 0.25) is 5.91 Å². The van der Waals surface area contributed by atoms with Crippen molar-refractivity contribution in [1.29, 1.82) is 0 Å². The van der Waals surface area contributed by atoms with Crippen LogP contribution in [0.2, 0.25) is 0 Å². The Bertz CT molecular complexity index is 880. The quantitative estimate of drug-likeness (QED) is 0.379. The van der Waals surface area contributed by atoms with E-state index in [0.717, 1.165) is 0 Å². The second-order valence-corrected chi connectivity index (χ2v) is 6.62. The highest BCUT2D eigenvalue weighted by Gasteiger charge is 2.12. The van der Waals surface area contributed by atoms with Crippen LogP contribution in [0.15, 0.2) is 46.6 Å². The fourth-order valence-corrected chi connectivity index (χ4v) is 2.09. The third-order valence-corrected chi connectivity index (χ3v) is 3.50. The molecule has 0 spiro atoms. The topological polar surface area (TPSA) is 145 Å². The van der Waals surface area contributed by atoms with Gasteiger partial charge < -0.3 is 21.5 Å². The van der Waals surface area contributed by atoms with E-state index in [1.807, 2.05) is 13.8 Å². The number of ether oxygens (including phenoxy) is 1. The summed E-state index contributed by atoms with van der Waals surface area (Å²) in [5.74, 6) is 0.131. The molecule has 1 atom stereocenters. The van der Waals surface area contributed by atoms with E-state index < -0.39 is 6.04 Å². The van der Waals surface area contributed by atoms with Crippen LogP contribution in [0.4, 0.5) is 23.0 Å². The molecule has 1 amide bonds. The minimum atomic E-state index is -0.669. The van der Waals surface area contributed by atoms with Gasteiger partial charge in [-0.25, -0.2) is 4.98 Å². The lowest BCUT2D eigenvalue weighted by Gasteiger charge is -2.09. The molecule has 0 saturated heterocycles. The fourth-order valence-electron chi connectivity index (χ4n) is 2.09. The number of nitrogens with two attached hydrogens (primary N) is 2. The summed E-state index contributed by atoms with van der Waals surface area (Å²) in [5.41, 5.74) is 12.1. The molecule has 1 aromatic carbocycles. The van der Waals surface area contributed by atoms with E-state index in [4.69, 9.17) is 16.2 Å². The largest absolute Gasteiger partial charge is 0.424 e. The molecule has 0 unspecified atom stereocenters. The van der Waals surface area contributed by atoms with Crippen LogP contribution in [0.5, 0.6) is 5.75 Å². The number of esters is 1. The number of pyridine rings is 1. The summed E-state index contributed by atoms with van der Waals surface area (Å²) in [6, 6.07) is 9.24. The highest BCUT2D eigenvalue weighted by molar-refractivity contribution is 5.93. The number of amides is 1. The Morgan fingerprint density at radius 3 is 2.43 bits per heavy atom. The van der Waals surface area contributed by atoms with Crippen LogP contribution < -0.4 is 21.5 Å². The number of aromatic nitrogens is 1. The van der Waals surface area contributed by atoms with Crippen molar-refractivity contribution in [2.75, 3.05) is 11.1 Å². The van der Waals surface area contributed by atoms with Gasteiger partial charge in [0.15, 0.2) is 11.6 Å². The van der Waals surface area contributed by atoms with Crippen LogP contribution in [0.25, 0.3) is 0 Å². The van der Waals surface area contributed by atoms with Crippen molar-refractivity contribution in [2.24, 2.45) is 21.9 Å². The Morgan fingerprint density at radius 1 is 1.11 bits per heavy atom. The molecule has 0 aliphatic carbocycles. The summed E-state index contributed by atoms with van der Waals surface area (Å²) in [5, 5.41) is 10.7. The average Bonchev–Trinajstić information content (AvgIpc) is 2.61. The van der Waals surface area contributed by atoms with Gasteiger partial charge in [-0.15, -0.1) is 10.2 Å². The number of para-hydroxylation sites is 1. The minimum Gasteiger partial charge on any atom is -0.424 e. The fraction of sp³-hybridized carbons (Fsp3) is 0.316. The normalized spacial score (nSPS) is 12.2. The Hall–Kier alpha value is -3.33. The molecule has 0 fully saturated rings. The standard InChI is InChI=1S/C19H24N6O3/c1-11(2)10-17(26)28-15-7-5-4-6-13(15)24-25-14-8-9-16(22-18(14)21)23-19(27)12(3)20/h4-9,11-12H,10,20H2,1-3H3,(H3,21,22,23,27)/t12-/m0/s1. The number of nitrogens with zero attached hydrogens (tertiary/aromatic N) is 3. The molecule has 1 aromatic heterocycles. The predicted molar refractivity (Wildman–Crippen MR) is 107 cm³/mol. The molecule has 28 heavy (non-hydrogen) atoms. The first-order valence-electron chi connectivity index (χ1n) is 8.80. The smallest absolute Gasteiger partial charge is 0.311 e. The average molecular weight is 384 g/mol. The molecule has 0 saturated carbocycles. The number of azo groups is 1. The summed E-state index contributed by atoms with van der Waals surface area (Å²) in [4.78, 5) is 27.6.